The zero-order chi connectivity index (χ0) is 18.8. The Morgan fingerprint density at radius 3 is 2.56 bits per heavy atom. The fourth-order valence-electron chi connectivity index (χ4n) is 3.32. The van der Waals surface area contributed by atoms with Gasteiger partial charge in [0.1, 0.15) is 4.90 Å². The molecular formula is C17H26BrN3O3S. The van der Waals surface area contributed by atoms with Crippen molar-refractivity contribution in [2.75, 3.05) is 31.1 Å². The van der Waals surface area contributed by atoms with Crippen LogP contribution in [0.1, 0.15) is 33.3 Å². The lowest BCUT2D eigenvalue weighted by Crippen LogP contribution is -2.37. The number of sulfonamides is 1. The maximum absolute atomic E-state index is 12.9. The third kappa shape index (κ3) is 4.42. The summed E-state index contributed by atoms with van der Waals surface area (Å²) in [6, 6.07) is 3.42. The minimum atomic E-state index is -3.71. The van der Waals surface area contributed by atoms with Crippen molar-refractivity contribution in [1.82, 2.24) is 9.62 Å². The van der Waals surface area contributed by atoms with Crippen LogP contribution in [0, 0.1) is 0 Å². The maximum Gasteiger partial charge on any atom is 0.242 e. The molecule has 0 spiro atoms. The average molecular weight is 432 g/mol. The van der Waals surface area contributed by atoms with Crippen LogP contribution in [0.4, 0.5) is 5.69 Å². The largest absolute Gasteiger partial charge is 0.308 e. The van der Waals surface area contributed by atoms with Gasteiger partial charge in [-0.25, -0.2) is 13.1 Å². The number of hydrogen-bond donors (Lipinski definition) is 1. The molecule has 2 rings (SSSR count). The number of benzene rings is 1. The van der Waals surface area contributed by atoms with Gasteiger partial charge in [-0.3, -0.25) is 4.79 Å². The summed E-state index contributed by atoms with van der Waals surface area (Å²) < 4.78 is 29.2. The third-order valence-electron chi connectivity index (χ3n) is 4.56. The molecule has 0 saturated heterocycles. The van der Waals surface area contributed by atoms with Crippen molar-refractivity contribution in [2.24, 2.45) is 0 Å². The Morgan fingerprint density at radius 2 is 2.00 bits per heavy atom. The highest BCUT2D eigenvalue weighted by molar-refractivity contribution is 9.10. The summed E-state index contributed by atoms with van der Waals surface area (Å²) in [5, 5.41) is 0. The lowest BCUT2D eigenvalue weighted by Gasteiger charge is -2.23. The monoisotopic (exact) mass is 431 g/mol. The van der Waals surface area contributed by atoms with Gasteiger partial charge in [-0.15, -0.1) is 0 Å². The minimum absolute atomic E-state index is 0.0496. The zero-order valence-corrected chi connectivity index (χ0v) is 17.6. The Labute approximate surface area is 158 Å². The Morgan fingerprint density at radius 1 is 1.36 bits per heavy atom. The summed E-state index contributed by atoms with van der Waals surface area (Å²) in [7, 11) is -3.71. The van der Waals surface area contributed by atoms with E-state index in [1.165, 1.54) is 6.92 Å². The molecule has 8 heteroatoms. The molecule has 0 fully saturated rings. The molecule has 1 amide bonds. The van der Waals surface area contributed by atoms with Crippen LogP contribution in [0.25, 0.3) is 0 Å². The van der Waals surface area contributed by atoms with E-state index in [4.69, 9.17) is 0 Å². The van der Waals surface area contributed by atoms with Gasteiger partial charge in [-0.05, 0) is 44.1 Å². The topological polar surface area (TPSA) is 69.7 Å². The molecule has 6 nitrogen and oxygen atoms in total. The molecule has 140 valence electrons. The van der Waals surface area contributed by atoms with Crippen LogP contribution in [0.15, 0.2) is 21.5 Å². The SMILES string of the molecule is CCN(CC)CCNS(=O)(=O)c1cc(Br)cc2c1N(C(C)=O)[C@H](C)C2. The van der Waals surface area contributed by atoms with Gasteiger partial charge in [0.2, 0.25) is 15.9 Å². The molecule has 0 radical (unpaired) electrons. The van der Waals surface area contributed by atoms with Crippen molar-refractivity contribution in [2.45, 2.75) is 45.1 Å². The summed E-state index contributed by atoms with van der Waals surface area (Å²) in [6.07, 6.45) is 0.649. The number of halogens is 1. The molecule has 0 saturated carbocycles. The number of anilines is 1. The first-order valence-electron chi connectivity index (χ1n) is 8.55. The number of carbonyl (C=O) groups is 1. The standard InChI is InChI=1S/C17H26BrN3O3S/c1-5-20(6-2)8-7-19-25(23,24)16-11-15(18)10-14-9-12(3)21(13(4)22)17(14)16/h10-12,19H,5-9H2,1-4H3/t12-/m1/s1. The van der Waals surface area contributed by atoms with E-state index in [9.17, 15) is 13.2 Å². The Kier molecular flexibility index (Phi) is 6.64. The summed E-state index contributed by atoms with van der Waals surface area (Å²) >= 11 is 3.40. The van der Waals surface area contributed by atoms with Crippen LogP contribution in [-0.2, 0) is 21.2 Å². The molecule has 0 bridgehead atoms. The van der Waals surface area contributed by atoms with E-state index in [0.29, 0.717) is 29.7 Å². The van der Waals surface area contributed by atoms with Crippen molar-refractivity contribution >= 4 is 37.5 Å². The first kappa shape index (κ1) is 20.4. The minimum Gasteiger partial charge on any atom is -0.308 e. The van der Waals surface area contributed by atoms with Gasteiger partial charge >= 0.3 is 0 Å². The summed E-state index contributed by atoms with van der Waals surface area (Å²) in [5.74, 6) is -0.145. The fraction of sp³-hybridized carbons (Fsp3) is 0.588. The van der Waals surface area contributed by atoms with Crippen molar-refractivity contribution in [3.05, 3.63) is 22.2 Å². The zero-order valence-electron chi connectivity index (χ0n) is 15.2. The van der Waals surface area contributed by atoms with Gasteiger partial charge in [-0.1, -0.05) is 29.8 Å². The highest BCUT2D eigenvalue weighted by Crippen LogP contribution is 2.39. The van der Waals surface area contributed by atoms with Crippen molar-refractivity contribution in [3.8, 4) is 0 Å². The second-order valence-electron chi connectivity index (χ2n) is 6.28. The Balaban J connectivity index is 2.34. The van der Waals surface area contributed by atoms with Gasteiger partial charge in [0.25, 0.3) is 0 Å². The Hall–Kier alpha value is -0.960. The number of likely N-dealkylation sites (N-methyl/N-ethyl adjacent to an activating group) is 1. The molecule has 1 aromatic carbocycles. The first-order chi connectivity index (χ1) is 11.7. The highest BCUT2D eigenvalue weighted by atomic mass is 79.9. The molecule has 0 aromatic heterocycles. The van der Waals surface area contributed by atoms with Gasteiger partial charge < -0.3 is 9.80 Å². The van der Waals surface area contributed by atoms with E-state index in [0.717, 1.165) is 18.7 Å². The molecule has 25 heavy (non-hydrogen) atoms. The average Bonchev–Trinajstić information content (AvgIpc) is 2.86. The summed E-state index contributed by atoms with van der Waals surface area (Å²) in [6.45, 7) is 10.2. The molecule has 0 aliphatic carbocycles. The van der Waals surface area contributed by atoms with Gasteiger partial charge in [0, 0.05) is 30.5 Å². The second kappa shape index (κ2) is 8.16. The van der Waals surface area contributed by atoms with E-state index in [1.807, 2.05) is 26.8 Å². The molecular weight excluding hydrogens is 406 g/mol. The molecule has 1 heterocycles. The smallest absolute Gasteiger partial charge is 0.242 e. The summed E-state index contributed by atoms with van der Waals surface area (Å²) in [5.41, 5.74) is 1.39. The highest BCUT2D eigenvalue weighted by Gasteiger charge is 2.35. The van der Waals surface area contributed by atoms with Crippen molar-refractivity contribution < 1.29 is 13.2 Å². The van der Waals surface area contributed by atoms with E-state index in [1.54, 1.807) is 11.0 Å². The van der Waals surface area contributed by atoms with Gasteiger partial charge in [0.15, 0.2) is 0 Å². The van der Waals surface area contributed by atoms with E-state index in [-0.39, 0.29) is 16.8 Å². The molecule has 0 unspecified atom stereocenters. The lowest BCUT2D eigenvalue weighted by atomic mass is 10.1. The predicted molar refractivity (Wildman–Crippen MR) is 103 cm³/mol. The molecule has 1 aliphatic heterocycles. The number of nitrogens with zero attached hydrogens (tertiary/aromatic N) is 2. The molecule has 1 aliphatic rings. The van der Waals surface area contributed by atoms with Gasteiger partial charge in [-0.2, -0.15) is 0 Å². The third-order valence-corrected chi connectivity index (χ3v) is 6.49. The quantitative estimate of drug-likeness (QED) is 0.719. The van der Waals surface area contributed by atoms with Crippen LogP contribution in [0.2, 0.25) is 0 Å². The normalized spacial score (nSPS) is 17.2. The van der Waals surface area contributed by atoms with Crippen LogP contribution < -0.4 is 9.62 Å². The van der Waals surface area contributed by atoms with Gasteiger partial charge in [0.05, 0.1) is 5.69 Å². The van der Waals surface area contributed by atoms with E-state index in [2.05, 4.69) is 25.6 Å². The number of rotatable bonds is 7. The number of fused-ring (bicyclic) bond motifs is 1. The number of nitrogens with one attached hydrogen (secondary N) is 1. The van der Waals surface area contributed by atoms with Crippen molar-refractivity contribution in [3.63, 3.8) is 0 Å². The van der Waals surface area contributed by atoms with Crippen LogP contribution in [0.5, 0.6) is 0 Å². The number of carbonyl (C=O) groups excluding carboxylic acids is 1. The second-order valence-corrected chi connectivity index (χ2v) is 8.93. The first-order valence-corrected chi connectivity index (χ1v) is 10.8. The van der Waals surface area contributed by atoms with E-state index >= 15 is 0 Å². The molecule has 1 atom stereocenters. The van der Waals surface area contributed by atoms with E-state index < -0.39 is 10.0 Å². The van der Waals surface area contributed by atoms with Crippen molar-refractivity contribution in [1.29, 1.82) is 0 Å². The summed E-state index contributed by atoms with van der Waals surface area (Å²) in [4.78, 5) is 16.0. The number of hydrogen-bond acceptors (Lipinski definition) is 4. The fourth-order valence-corrected chi connectivity index (χ4v) is 5.25. The lowest BCUT2D eigenvalue weighted by molar-refractivity contribution is -0.116. The maximum atomic E-state index is 12.9. The molecule has 1 N–H and O–H groups in total. The molecule has 1 aromatic rings. The Bertz CT molecular complexity index is 748. The van der Waals surface area contributed by atoms with Crippen LogP contribution in [0.3, 0.4) is 0 Å². The van der Waals surface area contributed by atoms with Crippen LogP contribution >= 0.6 is 15.9 Å². The van der Waals surface area contributed by atoms with Crippen LogP contribution in [-0.4, -0.2) is 51.4 Å². The number of amides is 1. The predicted octanol–water partition coefficient (Wildman–Crippen LogP) is 2.37.